The van der Waals surface area contributed by atoms with Gasteiger partial charge in [0.1, 0.15) is 0 Å². The monoisotopic (exact) mass is 343 g/mol. The van der Waals surface area contributed by atoms with Gasteiger partial charge < -0.3 is 4.90 Å². The highest BCUT2D eigenvalue weighted by molar-refractivity contribution is 7.10. The molecule has 4 rings (SSSR count). The number of carbonyl (C=O) groups is 1. The molecule has 6 heteroatoms. The number of amides is 1. The van der Waals surface area contributed by atoms with Gasteiger partial charge in [-0.05, 0) is 30.7 Å². The lowest BCUT2D eigenvalue weighted by molar-refractivity contribution is 0.0731. The molecule has 0 bridgehead atoms. The maximum absolute atomic E-state index is 13.0. The van der Waals surface area contributed by atoms with Crippen molar-refractivity contribution in [3.05, 3.63) is 49.1 Å². The molecule has 0 radical (unpaired) electrons. The first-order chi connectivity index (χ1) is 11.5. The second-order valence-corrected chi connectivity index (χ2v) is 7.92. The molecule has 0 aromatic carbocycles. The quantitative estimate of drug-likeness (QED) is 0.797. The Bertz CT molecular complexity index is 868. The summed E-state index contributed by atoms with van der Waals surface area (Å²) in [6.07, 6.45) is 3.97. The maximum atomic E-state index is 13.0. The lowest BCUT2D eigenvalue weighted by atomic mass is 9.88. The zero-order chi connectivity index (χ0) is 16.8. The van der Waals surface area contributed by atoms with E-state index in [1.54, 1.807) is 24.5 Å². The Kier molecular flexibility index (Phi) is 3.79. The van der Waals surface area contributed by atoms with Crippen molar-refractivity contribution in [1.82, 2.24) is 14.7 Å². The number of fused-ring (bicyclic) bond motifs is 2. The maximum Gasteiger partial charge on any atom is 0.266 e. The van der Waals surface area contributed by atoms with E-state index >= 15 is 0 Å². The molecule has 24 heavy (non-hydrogen) atoms. The number of thiophene rings is 1. The smallest absolute Gasteiger partial charge is 0.266 e. The molecule has 2 aromatic rings. The Balaban J connectivity index is 1.60. The van der Waals surface area contributed by atoms with E-state index in [0.29, 0.717) is 25.4 Å². The van der Waals surface area contributed by atoms with Gasteiger partial charge in [-0.25, -0.2) is 4.68 Å². The van der Waals surface area contributed by atoms with Crippen LogP contribution >= 0.6 is 11.3 Å². The molecule has 0 saturated heterocycles. The molecule has 1 unspecified atom stereocenters. The summed E-state index contributed by atoms with van der Waals surface area (Å²) in [5.74, 6) is 0.816. The summed E-state index contributed by atoms with van der Waals surface area (Å²) in [4.78, 5) is 28.1. The number of rotatable bonds is 1. The van der Waals surface area contributed by atoms with Crippen LogP contribution in [0.2, 0.25) is 0 Å². The Morgan fingerprint density at radius 3 is 3.04 bits per heavy atom. The average Bonchev–Trinajstić information content (AvgIpc) is 2.97. The molecule has 1 atom stereocenters. The van der Waals surface area contributed by atoms with E-state index in [1.165, 1.54) is 15.1 Å². The molecule has 0 spiro atoms. The minimum absolute atomic E-state index is 0.105. The van der Waals surface area contributed by atoms with Crippen LogP contribution in [0.4, 0.5) is 0 Å². The SMILES string of the molecule is CC1CCc2c(C(=O)N3CCc4nn(C)c(=O)cc4C3)csc2C1. The number of aromatic nitrogens is 2. The zero-order valence-corrected chi connectivity index (χ0v) is 14.9. The van der Waals surface area contributed by atoms with Crippen LogP contribution < -0.4 is 5.56 Å². The van der Waals surface area contributed by atoms with Crippen LogP contribution in [0.5, 0.6) is 0 Å². The van der Waals surface area contributed by atoms with Gasteiger partial charge in [-0.3, -0.25) is 9.59 Å². The summed E-state index contributed by atoms with van der Waals surface area (Å²) in [5, 5.41) is 6.35. The van der Waals surface area contributed by atoms with Gasteiger partial charge in [0.15, 0.2) is 0 Å². The topological polar surface area (TPSA) is 55.2 Å². The molecule has 1 aliphatic heterocycles. The predicted octanol–water partition coefficient (Wildman–Crippen LogP) is 2.17. The first-order valence-electron chi connectivity index (χ1n) is 8.47. The summed E-state index contributed by atoms with van der Waals surface area (Å²) in [7, 11) is 1.67. The summed E-state index contributed by atoms with van der Waals surface area (Å²) in [5.41, 5.74) is 3.83. The predicted molar refractivity (Wildman–Crippen MR) is 93.4 cm³/mol. The summed E-state index contributed by atoms with van der Waals surface area (Å²) in [6.45, 7) is 3.43. The fraction of sp³-hybridized carbons (Fsp3) is 0.500. The molecule has 0 fully saturated rings. The largest absolute Gasteiger partial charge is 0.334 e. The van der Waals surface area contributed by atoms with Crippen LogP contribution in [0.25, 0.3) is 0 Å². The van der Waals surface area contributed by atoms with E-state index < -0.39 is 0 Å². The van der Waals surface area contributed by atoms with Gasteiger partial charge in [-0.15, -0.1) is 11.3 Å². The van der Waals surface area contributed by atoms with E-state index in [2.05, 4.69) is 12.0 Å². The van der Waals surface area contributed by atoms with Crippen molar-refractivity contribution in [3.63, 3.8) is 0 Å². The Morgan fingerprint density at radius 1 is 1.38 bits per heavy atom. The zero-order valence-electron chi connectivity index (χ0n) is 14.0. The summed E-state index contributed by atoms with van der Waals surface area (Å²) in [6, 6.07) is 1.62. The first-order valence-corrected chi connectivity index (χ1v) is 9.35. The third-order valence-corrected chi connectivity index (χ3v) is 6.21. The van der Waals surface area contributed by atoms with Gasteiger partial charge in [-0.2, -0.15) is 5.10 Å². The molecular weight excluding hydrogens is 322 g/mol. The van der Waals surface area contributed by atoms with Gasteiger partial charge in [-0.1, -0.05) is 6.92 Å². The number of aryl methyl sites for hydroxylation is 1. The molecule has 1 amide bonds. The fourth-order valence-electron chi connectivity index (χ4n) is 3.69. The van der Waals surface area contributed by atoms with Crippen molar-refractivity contribution in [3.8, 4) is 0 Å². The number of hydrogen-bond acceptors (Lipinski definition) is 4. The highest BCUT2D eigenvalue weighted by atomic mass is 32.1. The third kappa shape index (κ3) is 2.59. The van der Waals surface area contributed by atoms with E-state index in [4.69, 9.17) is 0 Å². The second-order valence-electron chi connectivity index (χ2n) is 6.95. The van der Waals surface area contributed by atoms with Crippen LogP contribution in [0, 0.1) is 5.92 Å². The molecule has 1 aliphatic carbocycles. The van der Waals surface area contributed by atoms with Crippen LogP contribution in [0.1, 0.15) is 45.4 Å². The van der Waals surface area contributed by atoms with Crippen LogP contribution in [0.3, 0.4) is 0 Å². The molecule has 126 valence electrons. The van der Waals surface area contributed by atoms with Crippen molar-refractivity contribution in [2.45, 2.75) is 39.2 Å². The van der Waals surface area contributed by atoms with Crippen molar-refractivity contribution < 1.29 is 4.79 Å². The van der Waals surface area contributed by atoms with Crippen molar-refractivity contribution in [2.24, 2.45) is 13.0 Å². The molecule has 0 N–H and O–H groups in total. The summed E-state index contributed by atoms with van der Waals surface area (Å²) < 4.78 is 1.37. The molecule has 5 nitrogen and oxygen atoms in total. The minimum atomic E-state index is -0.120. The van der Waals surface area contributed by atoms with Crippen molar-refractivity contribution >= 4 is 17.2 Å². The van der Waals surface area contributed by atoms with Crippen molar-refractivity contribution in [2.75, 3.05) is 6.54 Å². The number of nitrogens with zero attached hydrogens (tertiary/aromatic N) is 3. The molecule has 2 aromatic heterocycles. The lowest BCUT2D eigenvalue weighted by Crippen LogP contribution is -2.38. The lowest BCUT2D eigenvalue weighted by Gasteiger charge is -2.29. The van der Waals surface area contributed by atoms with Gasteiger partial charge in [0, 0.05) is 48.4 Å². The fourth-order valence-corrected chi connectivity index (χ4v) is 4.93. The van der Waals surface area contributed by atoms with E-state index in [0.717, 1.165) is 36.1 Å². The van der Waals surface area contributed by atoms with Gasteiger partial charge >= 0.3 is 0 Å². The number of hydrogen-bond donors (Lipinski definition) is 0. The Hall–Kier alpha value is -1.95. The molecular formula is C18H21N3O2S. The normalized spacial score (nSPS) is 19.8. The van der Waals surface area contributed by atoms with Crippen LogP contribution in [-0.4, -0.2) is 27.1 Å². The van der Waals surface area contributed by atoms with E-state index in [-0.39, 0.29) is 11.5 Å². The van der Waals surface area contributed by atoms with E-state index in [1.807, 2.05) is 10.3 Å². The molecule has 3 heterocycles. The van der Waals surface area contributed by atoms with Gasteiger partial charge in [0.05, 0.1) is 11.3 Å². The Labute approximate surface area is 144 Å². The summed E-state index contributed by atoms with van der Waals surface area (Å²) >= 11 is 1.72. The second kappa shape index (κ2) is 5.84. The van der Waals surface area contributed by atoms with Crippen LogP contribution in [-0.2, 0) is 32.9 Å². The molecule has 0 saturated carbocycles. The van der Waals surface area contributed by atoms with Gasteiger partial charge in [0.2, 0.25) is 0 Å². The minimum Gasteiger partial charge on any atom is -0.334 e. The first kappa shape index (κ1) is 15.6. The standard InChI is InChI=1S/C18H21N3O2S/c1-11-3-4-13-14(10-24-16(13)7-11)18(23)21-6-5-15-12(9-21)8-17(22)20(2)19-15/h8,10-11H,3-7,9H2,1-2H3. The number of carbonyl (C=O) groups excluding carboxylic acids is 1. The van der Waals surface area contributed by atoms with Crippen molar-refractivity contribution in [1.29, 1.82) is 0 Å². The third-order valence-electron chi connectivity index (χ3n) is 5.16. The highest BCUT2D eigenvalue weighted by Crippen LogP contribution is 2.34. The highest BCUT2D eigenvalue weighted by Gasteiger charge is 2.28. The average molecular weight is 343 g/mol. The molecule has 2 aliphatic rings. The van der Waals surface area contributed by atoms with E-state index in [9.17, 15) is 9.59 Å². The Morgan fingerprint density at radius 2 is 2.21 bits per heavy atom. The van der Waals surface area contributed by atoms with Crippen LogP contribution in [0.15, 0.2) is 16.2 Å². The van der Waals surface area contributed by atoms with Gasteiger partial charge in [0.25, 0.3) is 11.5 Å².